The molecule has 5 nitrogen and oxygen atoms in total. The molecular formula is C12H12ClNO4S. The lowest BCUT2D eigenvalue weighted by molar-refractivity contribution is -0.123. The molecule has 1 aliphatic rings. The van der Waals surface area contributed by atoms with Crippen molar-refractivity contribution >= 4 is 38.5 Å². The molecule has 0 aromatic heterocycles. The van der Waals surface area contributed by atoms with E-state index in [0.717, 1.165) is 4.31 Å². The molecule has 1 fully saturated rings. The van der Waals surface area contributed by atoms with Crippen LogP contribution in [0, 0.1) is 5.41 Å². The Bertz CT molecular complexity index is 649. The SMILES string of the molecule is CC1(C)CS(=O)(=O)N(c2ccc(C(=O)Cl)cc2)C1=O. The average Bonchev–Trinajstić information content (AvgIpc) is 2.43. The van der Waals surface area contributed by atoms with Gasteiger partial charge in [-0.05, 0) is 49.7 Å². The number of sulfonamides is 1. The van der Waals surface area contributed by atoms with Gasteiger partial charge in [-0.3, -0.25) is 9.59 Å². The monoisotopic (exact) mass is 301 g/mol. The topological polar surface area (TPSA) is 71.5 Å². The third-order valence-corrected chi connectivity index (χ3v) is 5.15. The molecule has 1 amide bonds. The number of carbonyl (C=O) groups is 2. The molecular weight excluding hydrogens is 290 g/mol. The summed E-state index contributed by atoms with van der Waals surface area (Å²) in [6.07, 6.45) is 0. The van der Waals surface area contributed by atoms with E-state index in [0.29, 0.717) is 0 Å². The van der Waals surface area contributed by atoms with Gasteiger partial charge >= 0.3 is 0 Å². The standard InChI is InChI=1S/C12H12ClNO4S/c1-12(2)7-19(17,18)14(11(12)16)9-5-3-8(4-6-9)10(13)15/h3-6H,7H2,1-2H3. The second-order valence-electron chi connectivity index (χ2n) is 5.03. The second-order valence-corrected chi connectivity index (χ2v) is 7.19. The molecule has 1 heterocycles. The maximum Gasteiger partial charge on any atom is 0.252 e. The minimum absolute atomic E-state index is 0.220. The lowest BCUT2D eigenvalue weighted by atomic mass is 9.95. The number of carbonyl (C=O) groups excluding carboxylic acids is 2. The van der Waals surface area contributed by atoms with E-state index in [1.807, 2.05) is 0 Å². The summed E-state index contributed by atoms with van der Waals surface area (Å²) in [7, 11) is -3.66. The quantitative estimate of drug-likeness (QED) is 0.781. The van der Waals surface area contributed by atoms with Crippen molar-refractivity contribution in [3.8, 4) is 0 Å². The van der Waals surface area contributed by atoms with E-state index in [2.05, 4.69) is 0 Å². The molecule has 0 radical (unpaired) electrons. The highest BCUT2D eigenvalue weighted by Gasteiger charge is 2.49. The third kappa shape index (κ3) is 2.37. The van der Waals surface area contributed by atoms with Gasteiger partial charge in [-0.2, -0.15) is 0 Å². The van der Waals surface area contributed by atoms with E-state index >= 15 is 0 Å². The van der Waals surface area contributed by atoms with E-state index in [1.165, 1.54) is 24.3 Å². The molecule has 7 heteroatoms. The first-order valence-corrected chi connectivity index (χ1v) is 7.51. The van der Waals surface area contributed by atoms with Gasteiger partial charge in [0.2, 0.25) is 15.9 Å². The number of rotatable bonds is 2. The summed E-state index contributed by atoms with van der Waals surface area (Å²) >= 11 is 5.31. The van der Waals surface area contributed by atoms with Gasteiger partial charge in [0, 0.05) is 5.56 Å². The average molecular weight is 302 g/mol. The molecule has 1 aromatic carbocycles. The second kappa shape index (κ2) is 4.31. The predicted octanol–water partition coefficient (Wildman–Crippen LogP) is 1.77. The first-order chi connectivity index (χ1) is 8.65. The van der Waals surface area contributed by atoms with E-state index in [4.69, 9.17) is 11.6 Å². The Morgan fingerprint density at radius 1 is 1.26 bits per heavy atom. The maximum absolute atomic E-state index is 12.1. The fourth-order valence-corrected chi connectivity index (χ4v) is 4.22. The number of hydrogen-bond acceptors (Lipinski definition) is 4. The van der Waals surface area contributed by atoms with Crippen LogP contribution in [0.1, 0.15) is 24.2 Å². The summed E-state index contributed by atoms with van der Waals surface area (Å²) in [6, 6.07) is 5.57. The first-order valence-electron chi connectivity index (χ1n) is 5.52. The zero-order valence-electron chi connectivity index (χ0n) is 10.4. The van der Waals surface area contributed by atoms with Crippen LogP contribution in [0.2, 0.25) is 0 Å². The van der Waals surface area contributed by atoms with Crippen LogP contribution >= 0.6 is 11.6 Å². The first kappa shape index (κ1) is 14.0. The van der Waals surface area contributed by atoms with Gasteiger partial charge < -0.3 is 0 Å². The molecule has 1 saturated heterocycles. The van der Waals surface area contributed by atoms with Gasteiger partial charge in [0.15, 0.2) is 0 Å². The Morgan fingerprint density at radius 2 is 1.79 bits per heavy atom. The highest BCUT2D eigenvalue weighted by Crippen LogP contribution is 2.35. The van der Waals surface area contributed by atoms with E-state index in [9.17, 15) is 18.0 Å². The number of benzene rings is 1. The number of amides is 1. The van der Waals surface area contributed by atoms with E-state index in [-0.39, 0.29) is 17.0 Å². The van der Waals surface area contributed by atoms with Crippen LogP contribution in [0.5, 0.6) is 0 Å². The van der Waals surface area contributed by atoms with Crippen molar-refractivity contribution in [3.05, 3.63) is 29.8 Å². The summed E-state index contributed by atoms with van der Waals surface area (Å²) in [5, 5.41) is -0.637. The summed E-state index contributed by atoms with van der Waals surface area (Å²) in [5.41, 5.74) is -0.481. The molecule has 1 aliphatic heterocycles. The van der Waals surface area contributed by atoms with Gasteiger partial charge in [-0.1, -0.05) is 0 Å². The highest BCUT2D eigenvalue weighted by molar-refractivity contribution is 7.94. The van der Waals surface area contributed by atoms with Gasteiger partial charge in [-0.15, -0.1) is 0 Å². The van der Waals surface area contributed by atoms with Crippen molar-refractivity contribution < 1.29 is 18.0 Å². The normalized spacial score (nSPS) is 20.6. The van der Waals surface area contributed by atoms with Gasteiger partial charge in [0.1, 0.15) is 0 Å². The lowest BCUT2D eigenvalue weighted by Crippen LogP contribution is -2.32. The lowest BCUT2D eigenvalue weighted by Gasteiger charge is -2.17. The maximum atomic E-state index is 12.1. The van der Waals surface area contributed by atoms with Crippen LogP contribution < -0.4 is 4.31 Å². The molecule has 1 aromatic rings. The van der Waals surface area contributed by atoms with Crippen molar-refractivity contribution in [2.24, 2.45) is 5.41 Å². The van der Waals surface area contributed by atoms with Crippen LogP contribution in [-0.2, 0) is 14.8 Å². The summed E-state index contributed by atoms with van der Waals surface area (Å²) in [4.78, 5) is 23.1. The van der Waals surface area contributed by atoms with Crippen LogP contribution in [0.25, 0.3) is 0 Å². The van der Waals surface area contributed by atoms with Crippen molar-refractivity contribution in [2.75, 3.05) is 10.1 Å². The smallest absolute Gasteiger partial charge is 0.252 e. The zero-order chi connectivity index (χ0) is 14.4. The van der Waals surface area contributed by atoms with Gasteiger partial charge in [-0.25, -0.2) is 12.7 Å². The molecule has 0 spiro atoms. The number of halogens is 1. The molecule has 0 N–H and O–H groups in total. The summed E-state index contributed by atoms with van der Waals surface area (Å²) < 4.78 is 24.8. The molecule has 0 unspecified atom stereocenters. The van der Waals surface area contributed by atoms with Crippen LogP contribution in [0.3, 0.4) is 0 Å². The van der Waals surface area contributed by atoms with Crippen molar-refractivity contribution in [3.63, 3.8) is 0 Å². The predicted molar refractivity (Wildman–Crippen MR) is 71.7 cm³/mol. The number of nitrogens with zero attached hydrogens (tertiary/aromatic N) is 1. The van der Waals surface area contributed by atoms with E-state index in [1.54, 1.807) is 13.8 Å². The van der Waals surface area contributed by atoms with Crippen molar-refractivity contribution in [2.45, 2.75) is 13.8 Å². The molecule has 0 aliphatic carbocycles. The van der Waals surface area contributed by atoms with Crippen molar-refractivity contribution in [1.29, 1.82) is 0 Å². The highest BCUT2D eigenvalue weighted by atomic mass is 35.5. The molecule has 19 heavy (non-hydrogen) atoms. The van der Waals surface area contributed by atoms with Crippen molar-refractivity contribution in [1.82, 2.24) is 0 Å². The number of anilines is 1. The Balaban J connectivity index is 2.47. The van der Waals surface area contributed by atoms with Crippen LogP contribution in [-0.4, -0.2) is 25.3 Å². The minimum atomic E-state index is -3.66. The molecule has 2 rings (SSSR count). The third-order valence-electron chi connectivity index (χ3n) is 2.91. The van der Waals surface area contributed by atoms with Crippen LogP contribution in [0.15, 0.2) is 24.3 Å². The van der Waals surface area contributed by atoms with Gasteiger partial charge in [0.05, 0.1) is 16.9 Å². The summed E-state index contributed by atoms with van der Waals surface area (Å²) in [5.74, 6) is -0.702. The zero-order valence-corrected chi connectivity index (χ0v) is 12.0. The molecule has 0 bridgehead atoms. The minimum Gasteiger partial charge on any atom is -0.276 e. The Labute approximate surface area is 116 Å². The fraction of sp³-hybridized carbons (Fsp3) is 0.333. The van der Waals surface area contributed by atoms with Gasteiger partial charge in [0.25, 0.3) is 5.24 Å². The number of hydrogen-bond donors (Lipinski definition) is 0. The Hall–Kier alpha value is -1.40. The summed E-state index contributed by atoms with van der Waals surface area (Å²) in [6.45, 7) is 3.17. The Kier molecular flexibility index (Phi) is 3.18. The largest absolute Gasteiger partial charge is 0.276 e. The van der Waals surface area contributed by atoms with Crippen LogP contribution in [0.4, 0.5) is 5.69 Å². The van der Waals surface area contributed by atoms with E-state index < -0.39 is 26.6 Å². The molecule has 0 atom stereocenters. The molecule has 102 valence electrons. The fourth-order valence-electron chi connectivity index (χ4n) is 1.99. The molecule has 0 saturated carbocycles. The Morgan fingerprint density at radius 3 is 2.16 bits per heavy atom.